The first-order valence-corrected chi connectivity index (χ1v) is 8.02. The van der Waals surface area contributed by atoms with E-state index in [1.54, 1.807) is 18.2 Å². The molecule has 0 saturated heterocycles. The van der Waals surface area contributed by atoms with Crippen LogP contribution in [0.5, 0.6) is 0 Å². The number of pyridine rings is 1. The van der Waals surface area contributed by atoms with Crippen molar-refractivity contribution in [3.05, 3.63) is 53.7 Å². The Morgan fingerprint density at radius 1 is 1.25 bits per heavy atom. The van der Waals surface area contributed by atoms with E-state index in [9.17, 15) is 18.0 Å². The molecule has 0 saturated carbocycles. The van der Waals surface area contributed by atoms with Crippen LogP contribution in [0, 0.1) is 0 Å². The lowest BCUT2D eigenvalue weighted by atomic mass is 10.2. The van der Waals surface area contributed by atoms with Gasteiger partial charge in [-0.05, 0) is 36.4 Å². The molecule has 8 heteroatoms. The predicted molar refractivity (Wildman–Crippen MR) is 87.9 cm³/mol. The van der Waals surface area contributed by atoms with Crippen molar-refractivity contribution in [1.82, 2.24) is 10.3 Å². The topological polar surface area (TPSA) is 54.0 Å². The van der Waals surface area contributed by atoms with Gasteiger partial charge in [-0.1, -0.05) is 19.1 Å². The van der Waals surface area contributed by atoms with E-state index in [1.165, 1.54) is 18.3 Å². The van der Waals surface area contributed by atoms with Gasteiger partial charge < -0.3 is 10.6 Å². The zero-order valence-corrected chi connectivity index (χ0v) is 13.7. The summed E-state index contributed by atoms with van der Waals surface area (Å²) in [6, 6.07) is 9.87. The number of carbonyl (C=O) groups is 1. The van der Waals surface area contributed by atoms with Crippen molar-refractivity contribution in [3.63, 3.8) is 0 Å². The first-order chi connectivity index (χ1) is 11.4. The zero-order valence-electron chi connectivity index (χ0n) is 12.9. The van der Waals surface area contributed by atoms with Crippen LogP contribution in [0.3, 0.4) is 0 Å². The Morgan fingerprint density at radius 2 is 2.04 bits per heavy atom. The molecule has 128 valence electrons. The molecular weight excluding hydrogens is 339 g/mol. The smallest absolute Gasteiger partial charge is 0.322 e. The third kappa shape index (κ3) is 5.54. The lowest BCUT2D eigenvalue weighted by Gasteiger charge is -2.11. The summed E-state index contributed by atoms with van der Waals surface area (Å²) in [4.78, 5) is 16.0. The maximum absolute atomic E-state index is 12.6. The fourth-order valence-corrected chi connectivity index (χ4v) is 2.58. The third-order valence-electron chi connectivity index (χ3n) is 2.99. The Balaban J connectivity index is 2.16. The highest BCUT2D eigenvalue weighted by molar-refractivity contribution is 8.00. The molecule has 0 bridgehead atoms. The molecule has 0 aliphatic rings. The molecule has 2 N–H and O–H groups in total. The van der Waals surface area contributed by atoms with Gasteiger partial charge in [0.25, 0.3) is 5.91 Å². The summed E-state index contributed by atoms with van der Waals surface area (Å²) in [6.07, 6.45) is 1.22. The van der Waals surface area contributed by atoms with Gasteiger partial charge in [0, 0.05) is 30.2 Å². The highest BCUT2D eigenvalue weighted by Crippen LogP contribution is 2.37. The van der Waals surface area contributed by atoms with E-state index in [4.69, 9.17) is 0 Å². The molecule has 1 aromatic heterocycles. The fraction of sp³-hybridized carbons (Fsp3) is 0.250. The van der Waals surface area contributed by atoms with Crippen LogP contribution in [0.25, 0.3) is 0 Å². The highest BCUT2D eigenvalue weighted by Gasteiger charge is 2.32. The highest BCUT2D eigenvalue weighted by atomic mass is 32.2. The minimum atomic E-state index is -4.50. The second-order valence-electron chi connectivity index (χ2n) is 4.84. The number of halogens is 3. The largest absolute Gasteiger partial charge is 0.447 e. The first-order valence-electron chi connectivity index (χ1n) is 7.21. The van der Waals surface area contributed by atoms with Crippen molar-refractivity contribution in [2.45, 2.75) is 24.0 Å². The van der Waals surface area contributed by atoms with Crippen LogP contribution in [0.2, 0.25) is 0 Å². The lowest BCUT2D eigenvalue weighted by Crippen LogP contribution is -2.16. The number of anilines is 1. The third-order valence-corrected chi connectivity index (χ3v) is 3.74. The lowest BCUT2D eigenvalue weighted by molar-refractivity contribution is -0.0329. The van der Waals surface area contributed by atoms with E-state index in [2.05, 4.69) is 15.6 Å². The van der Waals surface area contributed by atoms with E-state index in [0.717, 1.165) is 12.1 Å². The fourth-order valence-electron chi connectivity index (χ4n) is 1.98. The Bertz CT molecular complexity index is 707. The van der Waals surface area contributed by atoms with E-state index in [-0.39, 0.29) is 10.6 Å². The number of carbonyl (C=O) groups excluding carboxylic acids is 1. The number of benzene rings is 1. The van der Waals surface area contributed by atoms with Crippen LogP contribution in [-0.4, -0.2) is 22.9 Å². The molecule has 1 aromatic carbocycles. The zero-order chi connectivity index (χ0) is 17.6. The monoisotopic (exact) mass is 355 g/mol. The normalized spacial score (nSPS) is 11.3. The molecule has 0 spiro atoms. The van der Waals surface area contributed by atoms with Gasteiger partial charge in [0.15, 0.2) is 0 Å². The number of aromatic nitrogens is 1. The van der Waals surface area contributed by atoms with E-state index >= 15 is 0 Å². The van der Waals surface area contributed by atoms with Crippen molar-refractivity contribution in [2.24, 2.45) is 0 Å². The minimum Gasteiger partial charge on any atom is -0.322 e. The molecule has 1 heterocycles. The van der Waals surface area contributed by atoms with Crippen molar-refractivity contribution in [3.8, 4) is 0 Å². The Hall–Kier alpha value is -2.06. The summed E-state index contributed by atoms with van der Waals surface area (Å²) in [5, 5.41) is 5.41. The molecular formula is C16H16F3N3OS. The summed E-state index contributed by atoms with van der Waals surface area (Å²) in [5.74, 6) is -0.629. The number of hydrogen-bond acceptors (Lipinski definition) is 4. The molecule has 0 radical (unpaired) electrons. The number of amides is 1. The van der Waals surface area contributed by atoms with E-state index in [1.807, 2.05) is 13.0 Å². The van der Waals surface area contributed by atoms with Gasteiger partial charge in [0.2, 0.25) is 0 Å². The number of thioether (sulfide) groups is 1. The standard InChI is InChI=1S/C16H16F3N3OS/c1-2-20-10-11-5-3-6-12(9-11)22-14(23)13-7-4-8-21-15(13)24-16(17,18)19/h3-9,20H,2,10H2,1H3,(H,22,23). The Kier molecular flexibility index (Phi) is 6.22. The average molecular weight is 355 g/mol. The summed E-state index contributed by atoms with van der Waals surface area (Å²) in [6.45, 7) is 3.43. The van der Waals surface area contributed by atoms with Crippen molar-refractivity contribution in [2.75, 3.05) is 11.9 Å². The van der Waals surface area contributed by atoms with Gasteiger partial charge in [-0.2, -0.15) is 13.2 Å². The molecule has 4 nitrogen and oxygen atoms in total. The molecule has 2 aromatic rings. The molecule has 1 amide bonds. The van der Waals surface area contributed by atoms with Crippen molar-refractivity contribution >= 4 is 23.4 Å². The second-order valence-corrected chi connectivity index (χ2v) is 5.89. The van der Waals surface area contributed by atoms with Crippen molar-refractivity contribution < 1.29 is 18.0 Å². The molecule has 0 unspecified atom stereocenters. The van der Waals surface area contributed by atoms with Crippen LogP contribution in [0.1, 0.15) is 22.8 Å². The van der Waals surface area contributed by atoms with Gasteiger partial charge in [-0.3, -0.25) is 4.79 Å². The van der Waals surface area contributed by atoms with Crippen LogP contribution < -0.4 is 10.6 Å². The molecule has 0 fully saturated rings. The van der Waals surface area contributed by atoms with Crippen molar-refractivity contribution in [1.29, 1.82) is 0 Å². The maximum Gasteiger partial charge on any atom is 0.447 e. The maximum atomic E-state index is 12.6. The van der Waals surface area contributed by atoms with Crippen LogP contribution >= 0.6 is 11.8 Å². The molecule has 0 aliphatic heterocycles. The average Bonchev–Trinajstić information content (AvgIpc) is 2.52. The SMILES string of the molecule is CCNCc1cccc(NC(=O)c2cccnc2SC(F)(F)F)c1. The summed E-state index contributed by atoms with van der Waals surface area (Å²) < 4.78 is 37.7. The number of hydrogen-bond donors (Lipinski definition) is 2. The number of rotatable bonds is 6. The minimum absolute atomic E-state index is 0.114. The number of nitrogens with zero attached hydrogens (tertiary/aromatic N) is 1. The molecule has 0 aliphatic carbocycles. The van der Waals surface area contributed by atoms with E-state index in [0.29, 0.717) is 12.2 Å². The van der Waals surface area contributed by atoms with Crippen LogP contribution in [0.4, 0.5) is 18.9 Å². The summed E-state index contributed by atoms with van der Waals surface area (Å²) in [7, 11) is 0. The number of alkyl halides is 3. The van der Waals surface area contributed by atoms with Crippen LogP contribution in [0.15, 0.2) is 47.6 Å². The number of nitrogens with one attached hydrogen (secondary N) is 2. The van der Waals surface area contributed by atoms with Crippen LogP contribution in [-0.2, 0) is 6.54 Å². The van der Waals surface area contributed by atoms with Gasteiger partial charge in [0.1, 0.15) is 5.03 Å². The quantitative estimate of drug-likeness (QED) is 0.768. The van der Waals surface area contributed by atoms with Gasteiger partial charge >= 0.3 is 5.51 Å². The summed E-state index contributed by atoms with van der Waals surface area (Å²) >= 11 is -0.401. The predicted octanol–water partition coefficient (Wildman–Crippen LogP) is 4.06. The van der Waals surface area contributed by atoms with Gasteiger partial charge in [-0.15, -0.1) is 0 Å². The Labute approximate surface area is 141 Å². The van der Waals surface area contributed by atoms with Gasteiger partial charge in [0.05, 0.1) is 5.56 Å². The second kappa shape index (κ2) is 8.16. The Morgan fingerprint density at radius 3 is 2.75 bits per heavy atom. The summed E-state index contributed by atoms with van der Waals surface area (Å²) in [5.41, 5.74) is -3.14. The van der Waals surface area contributed by atoms with Gasteiger partial charge in [-0.25, -0.2) is 4.98 Å². The molecule has 0 atom stereocenters. The molecule has 2 rings (SSSR count). The van der Waals surface area contributed by atoms with E-state index < -0.39 is 23.2 Å². The first kappa shape index (κ1) is 18.3. The molecule has 24 heavy (non-hydrogen) atoms.